The number of aromatic carboxylic acids is 1. The van der Waals surface area contributed by atoms with E-state index in [0.29, 0.717) is 17.8 Å². The molecular formula is C12H15NO2. The Morgan fingerprint density at radius 1 is 1.53 bits per heavy atom. The third kappa shape index (κ3) is 3.13. The Bertz CT molecular complexity index is 397. The van der Waals surface area contributed by atoms with Crippen LogP contribution >= 0.6 is 0 Å². The Morgan fingerprint density at radius 2 is 2.20 bits per heavy atom. The lowest BCUT2D eigenvalue weighted by Gasteiger charge is -2.10. The highest BCUT2D eigenvalue weighted by Gasteiger charge is 2.09. The van der Waals surface area contributed by atoms with E-state index in [-0.39, 0.29) is 0 Å². The van der Waals surface area contributed by atoms with E-state index in [1.54, 1.807) is 12.1 Å². The van der Waals surface area contributed by atoms with Gasteiger partial charge in [-0.3, -0.25) is 0 Å². The highest BCUT2D eigenvalue weighted by Crippen LogP contribution is 2.17. The summed E-state index contributed by atoms with van der Waals surface area (Å²) >= 11 is 0. The van der Waals surface area contributed by atoms with Gasteiger partial charge in [-0.2, -0.15) is 0 Å². The molecule has 1 aromatic carbocycles. The van der Waals surface area contributed by atoms with Crippen molar-refractivity contribution in [3.63, 3.8) is 0 Å². The standard InChI is InChI=1S/C12H15NO2/c1-8(2)7-13-11-6-9(3)4-5-10(11)12(14)15/h4-6,13H,1,7H2,2-3H3,(H,14,15). The SMILES string of the molecule is C=C(C)CNc1cc(C)ccc1C(=O)O. The Hall–Kier alpha value is -1.77. The number of anilines is 1. The zero-order valence-corrected chi connectivity index (χ0v) is 9.00. The van der Waals surface area contributed by atoms with Gasteiger partial charge in [-0.15, -0.1) is 0 Å². The second kappa shape index (κ2) is 4.64. The van der Waals surface area contributed by atoms with Gasteiger partial charge in [0, 0.05) is 12.2 Å². The van der Waals surface area contributed by atoms with Gasteiger partial charge in [0.05, 0.1) is 5.56 Å². The van der Waals surface area contributed by atoms with E-state index in [1.165, 1.54) is 0 Å². The van der Waals surface area contributed by atoms with Crippen LogP contribution in [0.1, 0.15) is 22.8 Å². The third-order valence-corrected chi connectivity index (χ3v) is 1.99. The van der Waals surface area contributed by atoms with Crippen LogP contribution in [-0.4, -0.2) is 17.6 Å². The first kappa shape index (κ1) is 11.3. The second-order valence-corrected chi connectivity index (χ2v) is 3.66. The molecule has 15 heavy (non-hydrogen) atoms. The fourth-order valence-corrected chi connectivity index (χ4v) is 1.24. The molecule has 80 valence electrons. The first-order valence-corrected chi connectivity index (χ1v) is 4.73. The minimum absolute atomic E-state index is 0.293. The van der Waals surface area contributed by atoms with E-state index in [0.717, 1.165) is 11.1 Å². The van der Waals surface area contributed by atoms with Gasteiger partial charge < -0.3 is 10.4 Å². The molecule has 0 unspecified atom stereocenters. The maximum absolute atomic E-state index is 10.9. The van der Waals surface area contributed by atoms with Crippen molar-refractivity contribution in [3.8, 4) is 0 Å². The van der Waals surface area contributed by atoms with Gasteiger partial charge in [0.2, 0.25) is 0 Å². The number of aryl methyl sites for hydroxylation is 1. The molecule has 0 aliphatic heterocycles. The Morgan fingerprint density at radius 3 is 2.73 bits per heavy atom. The number of carbonyl (C=O) groups is 1. The van der Waals surface area contributed by atoms with Gasteiger partial charge in [0.15, 0.2) is 0 Å². The molecule has 0 aromatic heterocycles. The van der Waals surface area contributed by atoms with Crippen molar-refractivity contribution in [1.29, 1.82) is 0 Å². The number of hydrogen-bond donors (Lipinski definition) is 2. The average Bonchev–Trinajstić information content (AvgIpc) is 2.14. The normalized spacial score (nSPS) is 9.73. The quantitative estimate of drug-likeness (QED) is 0.743. The summed E-state index contributed by atoms with van der Waals surface area (Å²) in [6.45, 7) is 8.16. The summed E-state index contributed by atoms with van der Waals surface area (Å²) < 4.78 is 0. The lowest BCUT2D eigenvalue weighted by Crippen LogP contribution is -2.08. The molecule has 1 aromatic rings. The third-order valence-electron chi connectivity index (χ3n) is 1.99. The molecule has 0 atom stereocenters. The van der Waals surface area contributed by atoms with Crippen LogP contribution in [0, 0.1) is 6.92 Å². The van der Waals surface area contributed by atoms with E-state index >= 15 is 0 Å². The van der Waals surface area contributed by atoms with Gasteiger partial charge in [0.1, 0.15) is 0 Å². The van der Waals surface area contributed by atoms with E-state index in [4.69, 9.17) is 5.11 Å². The van der Waals surface area contributed by atoms with Crippen molar-refractivity contribution >= 4 is 11.7 Å². The maximum Gasteiger partial charge on any atom is 0.337 e. The van der Waals surface area contributed by atoms with Crippen LogP contribution in [0.4, 0.5) is 5.69 Å². The molecule has 0 heterocycles. The van der Waals surface area contributed by atoms with Crippen LogP contribution in [0.2, 0.25) is 0 Å². The number of nitrogens with one attached hydrogen (secondary N) is 1. The van der Waals surface area contributed by atoms with E-state index in [1.807, 2.05) is 19.9 Å². The first-order valence-electron chi connectivity index (χ1n) is 4.73. The lowest BCUT2D eigenvalue weighted by atomic mass is 10.1. The van der Waals surface area contributed by atoms with Gasteiger partial charge in [-0.1, -0.05) is 18.2 Å². The van der Waals surface area contributed by atoms with Gasteiger partial charge in [-0.25, -0.2) is 4.79 Å². The van der Waals surface area contributed by atoms with Crippen LogP contribution in [0.3, 0.4) is 0 Å². The average molecular weight is 205 g/mol. The van der Waals surface area contributed by atoms with Gasteiger partial charge in [0.25, 0.3) is 0 Å². The molecule has 0 spiro atoms. The summed E-state index contributed by atoms with van der Waals surface area (Å²) in [5.41, 5.74) is 2.93. The number of benzene rings is 1. The Balaban J connectivity index is 2.96. The summed E-state index contributed by atoms with van der Waals surface area (Å²) in [6.07, 6.45) is 0. The summed E-state index contributed by atoms with van der Waals surface area (Å²) in [4.78, 5) is 10.9. The molecule has 0 fully saturated rings. The zero-order valence-electron chi connectivity index (χ0n) is 9.00. The monoisotopic (exact) mass is 205 g/mol. The van der Waals surface area contributed by atoms with Gasteiger partial charge in [-0.05, 0) is 31.5 Å². The van der Waals surface area contributed by atoms with Crippen LogP contribution in [-0.2, 0) is 0 Å². The predicted octanol–water partition coefficient (Wildman–Crippen LogP) is 2.68. The van der Waals surface area contributed by atoms with Crippen molar-refractivity contribution in [2.24, 2.45) is 0 Å². The molecular weight excluding hydrogens is 190 g/mol. The van der Waals surface area contributed by atoms with Crippen molar-refractivity contribution in [2.75, 3.05) is 11.9 Å². The first-order chi connectivity index (χ1) is 7.00. The Kier molecular flexibility index (Phi) is 3.50. The topological polar surface area (TPSA) is 49.3 Å². The molecule has 2 N–H and O–H groups in total. The molecule has 0 saturated heterocycles. The molecule has 1 rings (SSSR count). The molecule has 0 aliphatic rings. The van der Waals surface area contributed by atoms with Gasteiger partial charge >= 0.3 is 5.97 Å². The lowest BCUT2D eigenvalue weighted by molar-refractivity contribution is 0.0698. The second-order valence-electron chi connectivity index (χ2n) is 3.66. The summed E-state index contributed by atoms with van der Waals surface area (Å²) in [7, 11) is 0. The molecule has 3 heteroatoms. The number of rotatable bonds is 4. The van der Waals surface area contributed by atoms with Crippen LogP contribution < -0.4 is 5.32 Å². The fourth-order valence-electron chi connectivity index (χ4n) is 1.24. The molecule has 3 nitrogen and oxygen atoms in total. The molecule has 0 bridgehead atoms. The molecule has 0 saturated carbocycles. The van der Waals surface area contributed by atoms with Crippen LogP contribution in [0.5, 0.6) is 0 Å². The summed E-state index contributed by atoms with van der Waals surface area (Å²) in [5, 5.41) is 12.0. The van der Waals surface area contributed by atoms with Crippen LogP contribution in [0.25, 0.3) is 0 Å². The molecule has 0 radical (unpaired) electrons. The largest absolute Gasteiger partial charge is 0.478 e. The minimum atomic E-state index is -0.917. The van der Waals surface area contributed by atoms with Crippen molar-refractivity contribution in [2.45, 2.75) is 13.8 Å². The van der Waals surface area contributed by atoms with E-state index < -0.39 is 5.97 Å². The van der Waals surface area contributed by atoms with Crippen molar-refractivity contribution < 1.29 is 9.90 Å². The van der Waals surface area contributed by atoms with E-state index in [9.17, 15) is 4.79 Å². The molecule has 0 amide bonds. The highest BCUT2D eigenvalue weighted by atomic mass is 16.4. The summed E-state index contributed by atoms with van der Waals surface area (Å²) in [6, 6.07) is 5.22. The number of hydrogen-bond acceptors (Lipinski definition) is 2. The summed E-state index contributed by atoms with van der Waals surface area (Å²) in [5.74, 6) is -0.917. The zero-order chi connectivity index (χ0) is 11.4. The fraction of sp³-hybridized carbons (Fsp3) is 0.250. The number of carboxylic acids is 1. The van der Waals surface area contributed by atoms with E-state index in [2.05, 4.69) is 11.9 Å². The number of carboxylic acid groups (broad SMARTS) is 1. The smallest absolute Gasteiger partial charge is 0.337 e. The van der Waals surface area contributed by atoms with Crippen molar-refractivity contribution in [3.05, 3.63) is 41.5 Å². The minimum Gasteiger partial charge on any atom is -0.478 e. The van der Waals surface area contributed by atoms with Crippen molar-refractivity contribution in [1.82, 2.24) is 0 Å². The Labute approximate surface area is 89.4 Å². The maximum atomic E-state index is 10.9. The highest BCUT2D eigenvalue weighted by molar-refractivity contribution is 5.94. The molecule has 0 aliphatic carbocycles. The predicted molar refractivity (Wildman–Crippen MR) is 61.4 cm³/mol. The van der Waals surface area contributed by atoms with Crippen LogP contribution in [0.15, 0.2) is 30.4 Å².